The molecule has 0 aliphatic heterocycles. The molecule has 1 aliphatic carbocycles. The van der Waals surface area contributed by atoms with Crippen LogP contribution < -0.4 is 5.32 Å². The smallest absolute Gasteiger partial charge is 0.344 e. The Bertz CT molecular complexity index is 1160. The van der Waals surface area contributed by atoms with Gasteiger partial charge in [0.1, 0.15) is 11.4 Å². The molecule has 1 aliphatic rings. The Kier molecular flexibility index (Phi) is 5.21. The number of hydrogen-bond donors (Lipinski definition) is 1. The zero-order chi connectivity index (χ0) is 23.3. The van der Waals surface area contributed by atoms with E-state index in [1.165, 1.54) is 24.0 Å². The molecule has 4 rings (SSSR count). The summed E-state index contributed by atoms with van der Waals surface area (Å²) in [6, 6.07) is 2.33. The highest BCUT2D eigenvalue weighted by molar-refractivity contribution is 5.93. The van der Waals surface area contributed by atoms with Gasteiger partial charge >= 0.3 is 12.4 Å². The van der Waals surface area contributed by atoms with E-state index in [1.54, 1.807) is 0 Å². The molecule has 13 heteroatoms. The van der Waals surface area contributed by atoms with E-state index in [9.17, 15) is 31.1 Å². The van der Waals surface area contributed by atoms with Crippen molar-refractivity contribution in [3.63, 3.8) is 0 Å². The topological polar surface area (TPSA) is 77.6 Å². The first-order valence-electron chi connectivity index (χ1n) is 9.47. The number of aryl methyl sites for hydroxylation is 2. The molecule has 0 bridgehead atoms. The molecule has 0 aromatic carbocycles. The number of rotatable bonds is 3. The Labute approximate surface area is 177 Å². The van der Waals surface area contributed by atoms with Crippen LogP contribution >= 0.6 is 0 Å². The zero-order valence-electron chi connectivity index (χ0n) is 16.5. The molecule has 0 radical (unpaired) electrons. The molecule has 1 N–H and O–H groups in total. The standard InChI is InChI=1S/C19H16F6N6O/c1-30-14(8-16(29-30)19(23,24)25)17(32)27-12-3-2-4-13-11(12)9-31(28-13)10-5-6-26-15(7-10)18(20,21)22/h5-9,12H,2-4H2,1H3,(H,27,32)/t12-/m0/s1. The van der Waals surface area contributed by atoms with Gasteiger partial charge in [0.25, 0.3) is 5.91 Å². The van der Waals surface area contributed by atoms with Gasteiger partial charge in [0, 0.05) is 31.1 Å². The second kappa shape index (κ2) is 7.64. The zero-order valence-corrected chi connectivity index (χ0v) is 16.5. The van der Waals surface area contributed by atoms with Crippen molar-refractivity contribution in [1.82, 2.24) is 29.9 Å². The summed E-state index contributed by atoms with van der Waals surface area (Å²) in [4.78, 5) is 15.9. The van der Waals surface area contributed by atoms with Crippen LogP contribution in [0.2, 0.25) is 0 Å². The highest BCUT2D eigenvalue weighted by Gasteiger charge is 2.36. The predicted molar refractivity (Wildman–Crippen MR) is 97.7 cm³/mol. The van der Waals surface area contributed by atoms with E-state index in [0.29, 0.717) is 36.6 Å². The third-order valence-electron chi connectivity index (χ3n) is 5.11. The molecule has 7 nitrogen and oxygen atoms in total. The molecule has 1 atom stereocenters. The summed E-state index contributed by atoms with van der Waals surface area (Å²) in [6.45, 7) is 0. The third kappa shape index (κ3) is 4.18. The normalized spacial score (nSPS) is 16.7. The quantitative estimate of drug-likeness (QED) is 0.605. The summed E-state index contributed by atoms with van der Waals surface area (Å²) < 4.78 is 79.6. The summed E-state index contributed by atoms with van der Waals surface area (Å²) in [5.41, 5.74) is -1.18. The first-order chi connectivity index (χ1) is 14.9. The van der Waals surface area contributed by atoms with E-state index in [1.807, 2.05) is 0 Å². The molecule has 32 heavy (non-hydrogen) atoms. The van der Waals surface area contributed by atoms with E-state index in [-0.39, 0.29) is 11.4 Å². The maximum Gasteiger partial charge on any atom is 0.435 e. The fraction of sp³-hybridized carbons (Fsp3) is 0.368. The molecule has 3 heterocycles. The van der Waals surface area contributed by atoms with Gasteiger partial charge in [0.2, 0.25) is 0 Å². The molecule has 3 aromatic heterocycles. The lowest BCUT2D eigenvalue weighted by Gasteiger charge is -2.22. The van der Waals surface area contributed by atoms with Gasteiger partial charge in [-0.2, -0.15) is 36.5 Å². The van der Waals surface area contributed by atoms with Crippen molar-refractivity contribution in [2.75, 3.05) is 0 Å². The van der Waals surface area contributed by atoms with Crippen LogP contribution in [0.25, 0.3) is 5.69 Å². The van der Waals surface area contributed by atoms with Crippen LogP contribution in [-0.2, 0) is 25.8 Å². The lowest BCUT2D eigenvalue weighted by atomic mass is 9.93. The molecule has 1 amide bonds. The summed E-state index contributed by atoms with van der Waals surface area (Å²) in [5.74, 6) is -0.746. The molecule has 170 valence electrons. The third-order valence-corrected chi connectivity index (χ3v) is 5.11. The lowest BCUT2D eigenvalue weighted by Crippen LogP contribution is -2.31. The van der Waals surface area contributed by atoms with Gasteiger partial charge in [0.05, 0.1) is 17.4 Å². The van der Waals surface area contributed by atoms with Crippen molar-refractivity contribution >= 4 is 5.91 Å². The molecule has 0 saturated carbocycles. The molecular weight excluding hydrogens is 442 g/mol. The maximum absolute atomic E-state index is 13.0. The Balaban J connectivity index is 1.60. The van der Waals surface area contributed by atoms with Gasteiger partial charge in [-0.15, -0.1) is 0 Å². The number of carbonyl (C=O) groups excluding carboxylic acids is 1. The van der Waals surface area contributed by atoms with Crippen molar-refractivity contribution in [2.45, 2.75) is 37.7 Å². The van der Waals surface area contributed by atoms with Crippen molar-refractivity contribution < 1.29 is 31.1 Å². The van der Waals surface area contributed by atoms with Crippen LogP contribution in [0.15, 0.2) is 30.6 Å². The van der Waals surface area contributed by atoms with Crippen LogP contribution in [0.5, 0.6) is 0 Å². The average molecular weight is 458 g/mol. The van der Waals surface area contributed by atoms with Crippen molar-refractivity contribution in [1.29, 1.82) is 0 Å². The minimum Gasteiger partial charge on any atom is -0.344 e. The Morgan fingerprint density at radius 1 is 1.09 bits per heavy atom. The summed E-state index contributed by atoms with van der Waals surface area (Å²) >= 11 is 0. The number of nitrogens with zero attached hydrogens (tertiary/aromatic N) is 5. The highest BCUT2D eigenvalue weighted by Crippen LogP contribution is 2.32. The molecule has 0 unspecified atom stereocenters. The van der Waals surface area contributed by atoms with Crippen LogP contribution in [0.3, 0.4) is 0 Å². The van der Waals surface area contributed by atoms with Crippen molar-refractivity contribution in [3.05, 3.63) is 58.9 Å². The summed E-state index contributed by atoms with van der Waals surface area (Å²) in [7, 11) is 1.23. The average Bonchev–Trinajstić information content (AvgIpc) is 3.32. The van der Waals surface area contributed by atoms with E-state index in [0.717, 1.165) is 16.9 Å². The first-order valence-corrected chi connectivity index (χ1v) is 9.47. The minimum atomic E-state index is -4.69. The number of nitrogens with one attached hydrogen (secondary N) is 1. The van der Waals surface area contributed by atoms with Crippen LogP contribution in [0, 0.1) is 0 Å². The number of pyridine rings is 1. The van der Waals surface area contributed by atoms with Gasteiger partial charge in [0.15, 0.2) is 5.69 Å². The fourth-order valence-electron chi connectivity index (χ4n) is 3.59. The van der Waals surface area contributed by atoms with Crippen molar-refractivity contribution in [2.24, 2.45) is 7.05 Å². The second-order valence-corrected chi connectivity index (χ2v) is 7.33. The fourth-order valence-corrected chi connectivity index (χ4v) is 3.59. The number of hydrogen-bond acceptors (Lipinski definition) is 4. The lowest BCUT2D eigenvalue weighted by molar-refractivity contribution is -0.142. The van der Waals surface area contributed by atoms with E-state index < -0.39 is 35.7 Å². The van der Waals surface area contributed by atoms with E-state index in [4.69, 9.17) is 0 Å². The SMILES string of the molecule is Cn1nc(C(F)(F)F)cc1C(=O)N[C@H]1CCCc2nn(-c3ccnc(C(F)(F)F)c3)cc21. The van der Waals surface area contributed by atoms with Gasteiger partial charge in [-0.05, 0) is 31.4 Å². The second-order valence-electron chi connectivity index (χ2n) is 7.33. The Morgan fingerprint density at radius 3 is 2.47 bits per heavy atom. The van der Waals surface area contributed by atoms with E-state index >= 15 is 0 Å². The number of aromatic nitrogens is 5. The van der Waals surface area contributed by atoms with E-state index in [2.05, 4.69) is 20.5 Å². The molecule has 0 saturated heterocycles. The highest BCUT2D eigenvalue weighted by atomic mass is 19.4. The largest absolute Gasteiger partial charge is 0.435 e. The number of carbonyl (C=O) groups is 1. The molecule has 3 aromatic rings. The van der Waals surface area contributed by atoms with Crippen LogP contribution in [0.4, 0.5) is 26.3 Å². The molecular formula is C19H16F6N6O. The molecule has 0 spiro atoms. The number of alkyl halides is 6. The molecule has 0 fully saturated rings. The minimum absolute atomic E-state index is 0.147. The van der Waals surface area contributed by atoms with Gasteiger partial charge < -0.3 is 5.32 Å². The monoisotopic (exact) mass is 458 g/mol. The predicted octanol–water partition coefficient (Wildman–Crippen LogP) is 3.85. The summed E-state index contributed by atoms with van der Waals surface area (Å²) in [6.07, 6.45) is -5.07. The number of halogens is 6. The van der Waals surface area contributed by atoms with Gasteiger partial charge in [-0.3, -0.25) is 14.5 Å². The van der Waals surface area contributed by atoms with Gasteiger partial charge in [-0.25, -0.2) is 4.68 Å². The van der Waals surface area contributed by atoms with Crippen LogP contribution in [-0.4, -0.2) is 30.5 Å². The summed E-state index contributed by atoms with van der Waals surface area (Å²) in [5, 5.41) is 10.3. The van der Waals surface area contributed by atoms with Crippen LogP contribution in [0.1, 0.15) is 52.0 Å². The first kappa shape index (κ1) is 21.8. The Morgan fingerprint density at radius 2 is 1.81 bits per heavy atom. The number of amides is 1. The van der Waals surface area contributed by atoms with Gasteiger partial charge in [-0.1, -0.05) is 0 Å². The maximum atomic E-state index is 13.0. The Hall–Kier alpha value is -3.38. The number of fused-ring (bicyclic) bond motifs is 1. The van der Waals surface area contributed by atoms with Crippen molar-refractivity contribution in [3.8, 4) is 5.69 Å².